The van der Waals surface area contributed by atoms with Gasteiger partial charge in [-0.25, -0.2) is 0 Å². The van der Waals surface area contributed by atoms with E-state index in [1.807, 2.05) is 36.4 Å². The Hall–Kier alpha value is -0.850. The average Bonchev–Trinajstić information content (AvgIpc) is 2.41. The van der Waals surface area contributed by atoms with Crippen molar-refractivity contribution in [2.75, 3.05) is 6.16 Å². The Labute approximate surface area is 118 Å². The number of para-hydroxylation sites is 1. The lowest BCUT2D eigenvalue weighted by atomic mass is 10.1. The van der Waals surface area contributed by atoms with Gasteiger partial charge in [-0.3, -0.25) is 0 Å². The summed E-state index contributed by atoms with van der Waals surface area (Å²) < 4.78 is 5.82. The van der Waals surface area contributed by atoms with Crippen molar-refractivity contribution < 1.29 is 4.74 Å². The highest BCUT2D eigenvalue weighted by Crippen LogP contribution is 2.24. The number of ether oxygens (including phenoxy) is 1. The SMILES string of the molecule is BrPCCCc1cccc(Oc2ccccc2)c1. The minimum absolute atomic E-state index is 0.866. The Balaban J connectivity index is 1.99. The molecule has 2 aromatic rings. The zero-order valence-electron chi connectivity index (χ0n) is 10.1. The third-order valence-corrected chi connectivity index (χ3v) is 4.35. The van der Waals surface area contributed by atoms with E-state index in [0.29, 0.717) is 0 Å². The van der Waals surface area contributed by atoms with Crippen LogP contribution in [0.5, 0.6) is 11.5 Å². The van der Waals surface area contributed by atoms with Crippen molar-refractivity contribution in [1.82, 2.24) is 0 Å². The molecule has 2 aromatic carbocycles. The van der Waals surface area contributed by atoms with Crippen LogP contribution >= 0.6 is 22.8 Å². The van der Waals surface area contributed by atoms with Crippen LogP contribution in [0.3, 0.4) is 0 Å². The Bertz CT molecular complexity index is 473. The molecule has 0 bridgehead atoms. The van der Waals surface area contributed by atoms with Crippen LogP contribution in [0.1, 0.15) is 12.0 Å². The second-order valence-electron chi connectivity index (χ2n) is 4.05. The first-order chi connectivity index (χ1) is 8.88. The van der Waals surface area contributed by atoms with Crippen molar-refractivity contribution in [3.8, 4) is 11.5 Å². The first kappa shape index (κ1) is 13.6. The summed E-state index contributed by atoms with van der Waals surface area (Å²) >= 11 is 3.48. The van der Waals surface area contributed by atoms with Gasteiger partial charge in [-0.15, -0.1) is 0 Å². The molecule has 0 aliphatic carbocycles. The van der Waals surface area contributed by atoms with Gasteiger partial charge in [-0.1, -0.05) is 53.1 Å². The molecule has 0 fully saturated rings. The van der Waals surface area contributed by atoms with Gasteiger partial charge >= 0.3 is 0 Å². The van der Waals surface area contributed by atoms with Gasteiger partial charge in [-0.05, 0) is 48.8 Å². The molecule has 0 aliphatic heterocycles. The van der Waals surface area contributed by atoms with Crippen molar-refractivity contribution in [1.29, 1.82) is 0 Å². The molecule has 3 heteroatoms. The van der Waals surface area contributed by atoms with E-state index in [4.69, 9.17) is 4.74 Å². The van der Waals surface area contributed by atoms with Crippen LogP contribution in [0.2, 0.25) is 0 Å². The van der Waals surface area contributed by atoms with E-state index in [2.05, 4.69) is 33.7 Å². The highest BCUT2D eigenvalue weighted by atomic mass is 79.9. The fraction of sp³-hybridized carbons (Fsp3) is 0.200. The second kappa shape index (κ2) is 7.56. The molecule has 0 heterocycles. The van der Waals surface area contributed by atoms with Gasteiger partial charge in [0.05, 0.1) is 0 Å². The van der Waals surface area contributed by atoms with Gasteiger partial charge in [0.2, 0.25) is 0 Å². The number of benzene rings is 2. The van der Waals surface area contributed by atoms with Crippen molar-refractivity contribution in [2.24, 2.45) is 0 Å². The highest BCUT2D eigenvalue weighted by Gasteiger charge is 1.99. The largest absolute Gasteiger partial charge is 0.457 e. The number of hydrogen-bond acceptors (Lipinski definition) is 1. The summed E-state index contributed by atoms with van der Waals surface area (Å²) in [4.78, 5) is 0. The number of halogens is 1. The molecule has 0 aromatic heterocycles. The topological polar surface area (TPSA) is 9.23 Å². The van der Waals surface area contributed by atoms with Gasteiger partial charge < -0.3 is 4.74 Å². The van der Waals surface area contributed by atoms with E-state index in [-0.39, 0.29) is 0 Å². The van der Waals surface area contributed by atoms with E-state index in [1.165, 1.54) is 18.1 Å². The number of rotatable bonds is 6. The quantitative estimate of drug-likeness (QED) is 0.511. The summed E-state index contributed by atoms with van der Waals surface area (Å²) in [6.07, 6.45) is 3.58. The fourth-order valence-corrected chi connectivity index (χ4v) is 2.90. The number of aryl methyl sites for hydroxylation is 1. The molecule has 0 saturated carbocycles. The molecular weight excluding hydrogens is 307 g/mol. The maximum atomic E-state index is 5.82. The van der Waals surface area contributed by atoms with Crippen LogP contribution in [-0.4, -0.2) is 6.16 Å². The van der Waals surface area contributed by atoms with Gasteiger partial charge in [0.1, 0.15) is 11.5 Å². The minimum atomic E-state index is 0.866. The predicted molar refractivity (Wildman–Crippen MR) is 83.4 cm³/mol. The lowest BCUT2D eigenvalue weighted by Gasteiger charge is -2.07. The molecular formula is C15H16BrOP. The second-order valence-corrected chi connectivity index (χ2v) is 6.50. The third-order valence-electron chi connectivity index (χ3n) is 2.61. The molecule has 0 radical (unpaired) electrons. The predicted octanol–water partition coefficient (Wildman–Crippen LogP) is 5.40. The van der Waals surface area contributed by atoms with Crippen LogP contribution in [0.15, 0.2) is 54.6 Å². The molecule has 0 amide bonds. The lowest BCUT2D eigenvalue weighted by molar-refractivity contribution is 0.482. The maximum absolute atomic E-state index is 5.82. The summed E-state index contributed by atoms with van der Waals surface area (Å²) in [5, 5.41) is 0. The van der Waals surface area contributed by atoms with Crippen molar-refractivity contribution in [2.45, 2.75) is 12.8 Å². The third kappa shape index (κ3) is 4.44. The zero-order valence-corrected chi connectivity index (χ0v) is 12.7. The summed E-state index contributed by atoms with van der Waals surface area (Å²) in [5.41, 5.74) is 1.34. The van der Waals surface area contributed by atoms with E-state index in [9.17, 15) is 0 Å². The molecule has 0 spiro atoms. The summed E-state index contributed by atoms with van der Waals surface area (Å²) in [5.74, 6) is 1.80. The first-order valence-electron chi connectivity index (χ1n) is 6.04. The normalized spacial score (nSPS) is 10.9. The van der Waals surface area contributed by atoms with Crippen LogP contribution in [-0.2, 0) is 6.42 Å². The first-order valence-corrected chi connectivity index (χ1v) is 9.50. The smallest absolute Gasteiger partial charge is 0.127 e. The Morgan fingerprint density at radius 2 is 1.72 bits per heavy atom. The Morgan fingerprint density at radius 3 is 2.50 bits per heavy atom. The van der Waals surface area contributed by atoms with E-state index in [0.717, 1.165) is 25.2 Å². The van der Waals surface area contributed by atoms with Crippen LogP contribution < -0.4 is 4.74 Å². The molecule has 0 saturated heterocycles. The van der Waals surface area contributed by atoms with Crippen LogP contribution in [0.25, 0.3) is 0 Å². The molecule has 2 rings (SSSR count). The molecule has 0 N–H and O–H groups in total. The van der Waals surface area contributed by atoms with Gasteiger partial charge in [0, 0.05) is 0 Å². The fourth-order valence-electron chi connectivity index (χ4n) is 1.75. The van der Waals surface area contributed by atoms with E-state index in [1.54, 1.807) is 0 Å². The van der Waals surface area contributed by atoms with Crippen molar-refractivity contribution in [3.63, 3.8) is 0 Å². The molecule has 1 nitrogen and oxygen atoms in total. The molecule has 1 atom stereocenters. The Kier molecular flexibility index (Phi) is 5.70. The summed E-state index contributed by atoms with van der Waals surface area (Å²) in [6.45, 7) is 0. The summed E-state index contributed by atoms with van der Waals surface area (Å²) in [7, 11) is 0.866. The molecule has 18 heavy (non-hydrogen) atoms. The van der Waals surface area contributed by atoms with Crippen molar-refractivity contribution in [3.05, 3.63) is 60.2 Å². The average molecular weight is 323 g/mol. The van der Waals surface area contributed by atoms with E-state index < -0.39 is 0 Å². The maximum Gasteiger partial charge on any atom is 0.127 e. The van der Waals surface area contributed by atoms with Crippen LogP contribution in [0, 0.1) is 0 Å². The van der Waals surface area contributed by atoms with E-state index >= 15 is 0 Å². The van der Waals surface area contributed by atoms with Gasteiger partial charge in [0.15, 0.2) is 0 Å². The van der Waals surface area contributed by atoms with Crippen molar-refractivity contribution >= 4 is 22.8 Å². The molecule has 1 unspecified atom stereocenters. The zero-order chi connectivity index (χ0) is 12.6. The molecule has 0 aliphatic rings. The lowest BCUT2D eigenvalue weighted by Crippen LogP contribution is -1.89. The number of hydrogen-bond donors (Lipinski definition) is 0. The standard InChI is InChI=1S/C15H16BrOP/c16-18-11-5-7-13-6-4-10-15(12-13)17-14-8-2-1-3-9-14/h1-4,6,8-10,12,18H,5,7,11H2. The van der Waals surface area contributed by atoms with Gasteiger partial charge in [-0.2, -0.15) is 0 Å². The minimum Gasteiger partial charge on any atom is -0.457 e. The highest BCUT2D eigenvalue weighted by molar-refractivity contribution is 9.36. The molecule has 94 valence electrons. The monoisotopic (exact) mass is 322 g/mol. The van der Waals surface area contributed by atoms with Crippen LogP contribution in [0.4, 0.5) is 0 Å². The Morgan fingerprint density at radius 1 is 0.944 bits per heavy atom. The van der Waals surface area contributed by atoms with Gasteiger partial charge in [0.25, 0.3) is 0 Å². The summed E-state index contributed by atoms with van der Waals surface area (Å²) in [6, 6.07) is 18.3.